The molecule has 0 aliphatic heterocycles. The summed E-state index contributed by atoms with van der Waals surface area (Å²) in [6, 6.07) is 14.1. The van der Waals surface area contributed by atoms with Gasteiger partial charge in [-0.2, -0.15) is 0 Å². The summed E-state index contributed by atoms with van der Waals surface area (Å²) in [5.74, 6) is 0.246. The van der Waals surface area contributed by atoms with E-state index in [1.165, 1.54) is 5.56 Å². The van der Waals surface area contributed by atoms with Crippen molar-refractivity contribution in [3.8, 4) is 11.1 Å². The summed E-state index contributed by atoms with van der Waals surface area (Å²) in [5, 5.41) is 9.38. The highest BCUT2D eigenvalue weighted by atomic mass is 19.1. The summed E-state index contributed by atoms with van der Waals surface area (Å²) >= 11 is 0. The lowest BCUT2D eigenvalue weighted by Crippen LogP contribution is -2.19. The zero-order valence-corrected chi connectivity index (χ0v) is 19.5. The second kappa shape index (κ2) is 10.1. The number of nitrogens with one attached hydrogen (secondary N) is 3. The third-order valence-corrected chi connectivity index (χ3v) is 6.33. The van der Waals surface area contributed by atoms with Crippen molar-refractivity contribution >= 4 is 17.3 Å². The molecule has 0 unspecified atom stereocenters. The van der Waals surface area contributed by atoms with Crippen molar-refractivity contribution < 1.29 is 9.18 Å². The van der Waals surface area contributed by atoms with Crippen LogP contribution in [0.2, 0.25) is 0 Å². The number of benzene rings is 2. The number of aromatic nitrogens is 1. The number of amides is 1. The Morgan fingerprint density at radius 3 is 2.36 bits per heavy atom. The van der Waals surface area contributed by atoms with Gasteiger partial charge >= 0.3 is 0 Å². The summed E-state index contributed by atoms with van der Waals surface area (Å²) in [6.45, 7) is 4.61. The standard InChI is InChI=1S/C27H31FN4O/c1-17-21(6-4-8-24(17)29-3)22-7-5-9-25(18(22)2)32-27(33)26-14-23(19-10-11-19)20(16-31-26)15-30-13-12-28/h4-9,14,16,19,29-30H,10-13,15H2,1-3H3,(H,32,33). The van der Waals surface area contributed by atoms with Crippen LogP contribution in [0.5, 0.6) is 0 Å². The number of hydrogen-bond donors (Lipinski definition) is 3. The third kappa shape index (κ3) is 5.06. The van der Waals surface area contributed by atoms with E-state index in [-0.39, 0.29) is 5.91 Å². The van der Waals surface area contributed by atoms with Gasteiger partial charge in [0.15, 0.2) is 0 Å². The van der Waals surface area contributed by atoms with Crippen molar-refractivity contribution in [2.75, 3.05) is 30.9 Å². The minimum Gasteiger partial charge on any atom is -0.388 e. The van der Waals surface area contributed by atoms with E-state index in [4.69, 9.17) is 0 Å². The number of halogens is 1. The molecule has 1 aliphatic rings. The normalized spacial score (nSPS) is 13.1. The summed E-state index contributed by atoms with van der Waals surface area (Å²) in [5.41, 5.74) is 8.85. The fraction of sp³-hybridized carbons (Fsp3) is 0.333. The van der Waals surface area contributed by atoms with Gasteiger partial charge in [0.1, 0.15) is 12.4 Å². The molecule has 3 N–H and O–H groups in total. The molecule has 1 aromatic heterocycles. The number of alkyl halides is 1. The number of hydrogen-bond acceptors (Lipinski definition) is 4. The lowest BCUT2D eigenvalue weighted by Gasteiger charge is -2.16. The summed E-state index contributed by atoms with van der Waals surface area (Å²) in [6.07, 6.45) is 3.99. The van der Waals surface area contributed by atoms with Crippen molar-refractivity contribution in [2.24, 2.45) is 0 Å². The fourth-order valence-electron chi connectivity index (χ4n) is 4.28. The Morgan fingerprint density at radius 1 is 1.06 bits per heavy atom. The van der Waals surface area contributed by atoms with Gasteiger partial charge in [-0.25, -0.2) is 4.39 Å². The van der Waals surface area contributed by atoms with Gasteiger partial charge in [0.05, 0.1) is 0 Å². The molecule has 1 saturated carbocycles. The average molecular weight is 447 g/mol. The van der Waals surface area contributed by atoms with Crippen molar-refractivity contribution in [3.05, 3.63) is 76.6 Å². The van der Waals surface area contributed by atoms with Crippen LogP contribution in [-0.4, -0.2) is 31.2 Å². The number of rotatable bonds is 9. The van der Waals surface area contributed by atoms with Gasteiger partial charge in [-0.15, -0.1) is 0 Å². The topological polar surface area (TPSA) is 66.0 Å². The Kier molecular flexibility index (Phi) is 7.04. The van der Waals surface area contributed by atoms with Gasteiger partial charge < -0.3 is 16.0 Å². The highest BCUT2D eigenvalue weighted by Crippen LogP contribution is 2.42. The maximum absolute atomic E-state index is 13.1. The first-order valence-corrected chi connectivity index (χ1v) is 11.5. The lowest BCUT2D eigenvalue weighted by molar-refractivity contribution is 0.102. The highest BCUT2D eigenvalue weighted by Gasteiger charge is 2.27. The van der Waals surface area contributed by atoms with Crippen LogP contribution >= 0.6 is 0 Å². The average Bonchev–Trinajstić information content (AvgIpc) is 3.66. The lowest BCUT2D eigenvalue weighted by atomic mass is 9.94. The Labute approximate surface area is 194 Å². The van der Waals surface area contributed by atoms with Crippen LogP contribution in [0.1, 0.15) is 51.5 Å². The molecule has 1 aliphatic carbocycles. The third-order valence-electron chi connectivity index (χ3n) is 6.33. The van der Waals surface area contributed by atoms with Crippen molar-refractivity contribution in [2.45, 2.75) is 39.2 Å². The summed E-state index contributed by atoms with van der Waals surface area (Å²) in [4.78, 5) is 17.5. The van der Waals surface area contributed by atoms with Gasteiger partial charge in [0.2, 0.25) is 0 Å². The summed E-state index contributed by atoms with van der Waals surface area (Å²) < 4.78 is 12.4. The molecule has 1 amide bonds. The van der Waals surface area contributed by atoms with Gasteiger partial charge in [-0.3, -0.25) is 9.78 Å². The monoisotopic (exact) mass is 446 g/mol. The highest BCUT2D eigenvalue weighted by molar-refractivity contribution is 6.04. The van der Waals surface area contributed by atoms with Crippen LogP contribution in [0.15, 0.2) is 48.7 Å². The second-order valence-corrected chi connectivity index (χ2v) is 8.57. The molecular weight excluding hydrogens is 415 g/mol. The first-order valence-electron chi connectivity index (χ1n) is 11.5. The first-order chi connectivity index (χ1) is 16.0. The Morgan fingerprint density at radius 2 is 1.73 bits per heavy atom. The zero-order valence-electron chi connectivity index (χ0n) is 19.5. The number of carbonyl (C=O) groups is 1. The second-order valence-electron chi connectivity index (χ2n) is 8.57. The zero-order chi connectivity index (χ0) is 23.4. The van der Waals surface area contributed by atoms with E-state index in [9.17, 15) is 9.18 Å². The smallest absolute Gasteiger partial charge is 0.274 e. The molecule has 6 heteroatoms. The minimum atomic E-state index is -0.399. The van der Waals surface area contributed by atoms with Crippen LogP contribution in [0.4, 0.5) is 15.8 Å². The molecular formula is C27H31FN4O. The fourth-order valence-corrected chi connectivity index (χ4v) is 4.28. The van der Waals surface area contributed by atoms with Crippen LogP contribution < -0.4 is 16.0 Å². The van der Waals surface area contributed by atoms with E-state index in [1.807, 2.05) is 38.2 Å². The first kappa shape index (κ1) is 22.9. The molecule has 4 rings (SSSR count). The molecule has 0 atom stereocenters. The molecule has 5 nitrogen and oxygen atoms in total. The molecule has 2 aromatic carbocycles. The van der Waals surface area contributed by atoms with E-state index >= 15 is 0 Å². The molecule has 0 spiro atoms. The van der Waals surface area contributed by atoms with E-state index in [1.54, 1.807) is 6.20 Å². The van der Waals surface area contributed by atoms with Crippen LogP contribution in [0.3, 0.4) is 0 Å². The molecule has 3 aromatic rings. The predicted octanol–water partition coefficient (Wildman–Crippen LogP) is 5.60. The van der Waals surface area contributed by atoms with Crippen molar-refractivity contribution in [3.63, 3.8) is 0 Å². The molecule has 172 valence electrons. The number of pyridine rings is 1. The van der Waals surface area contributed by atoms with Crippen molar-refractivity contribution in [1.29, 1.82) is 0 Å². The Bertz CT molecular complexity index is 1160. The quantitative estimate of drug-likeness (QED) is 0.375. The number of nitrogens with zero attached hydrogens (tertiary/aromatic N) is 1. The largest absolute Gasteiger partial charge is 0.388 e. The number of carbonyl (C=O) groups excluding carboxylic acids is 1. The van der Waals surface area contributed by atoms with Gasteiger partial charge in [0.25, 0.3) is 5.91 Å². The van der Waals surface area contributed by atoms with Gasteiger partial charge in [0, 0.05) is 37.7 Å². The molecule has 0 radical (unpaired) electrons. The Balaban J connectivity index is 1.58. The van der Waals surface area contributed by atoms with Gasteiger partial charge in [-0.1, -0.05) is 24.3 Å². The van der Waals surface area contributed by atoms with Crippen LogP contribution in [0, 0.1) is 13.8 Å². The van der Waals surface area contributed by atoms with Crippen LogP contribution in [-0.2, 0) is 6.54 Å². The predicted molar refractivity (Wildman–Crippen MR) is 133 cm³/mol. The Hall–Kier alpha value is -3.25. The molecule has 0 bridgehead atoms. The van der Waals surface area contributed by atoms with Crippen LogP contribution in [0.25, 0.3) is 11.1 Å². The van der Waals surface area contributed by atoms with E-state index in [2.05, 4.69) is 46.1 Å². The maximum Gasteiger partial charge on any atom is 0.274 e. The van der Waals surface area contributed by atoms with Gasteiger partial charge in [-0.05, 0) is 84.2 Å². The maximum atomic E-state index is 13.1. The van der Waals surface area contributed by atoms with E-state index < -0.39 is 6.67 Å². The van der Waals surface area contributed by atoms with E-state index in [0.717, 1.165) is 52.0 Å². The minimum absolute atomic E-state index is 0.221. The SMILES string of the molecule is CNc1cccc(-c2cccc(NC(=O)c3cc(C4CC4)c(CNCCF)cn3)c2C)c1C. The molecule has 1 fully saturated rings. The van der Waals surface area contributed by atoms with E-state index in [0.29, 0.717) is 24.7 Å². The number of anilines is 2. The summed E-state index contributed by atoms with van der Waals surface area (Å²) in [7, 11) is 1.92. The molecule has 33 heavy (non-hydrogen) atoms. The molecule has 1 heterocycles. The molecule has 0 saturated heterocycles. The van der Waals surface area contributed by atoms with Crippen molar-refractivity contribution in [1.82, 2.24) is 10.3 Å².